The van der Waals surface area contributed by atoms with Gasteiger partial charge in [0.25, 0.3) is 0 Å². The third kappa shape index (κ3) is 2.08. The molecule has 0 saturated carbocycles. The molecule has 2 aromatic rings. The Morgan fingerprint density at radius 1 is 1.12 bits per heavy atom. The first kappa shape index (κ1) is 15.1. The molecule has 5 rings (SSSR count). The fourth-order valence-electron chi connectivity index (χ4n) is 3.96. The normalized spacial score (nSPS) is 19.9. The van der Waals surface area contributed by atoms with Crippen LogP contribution in [0.4, 0.5) is 0 Å². The van der Waals surface area contributed by atoms with Gasteiger partial charge in [-0.15, -0.1) is 0 Å². The molecule has 2 aliphatic heterocycles. The van der Waals surface area contributed by atoms with Crippen molar-refractivity contribution in [1.82, 2.24) is 0 Å². The van der Waals surface area contributed by atoms with E-state index in [9.17, 15) is 9.90 Å². The minimum Gasteiger partial charge on any atom is -0.504 e. The number of carbonyl (C=O) groups is 1. The number of cyclic esters (lactones) is 1. The standard InChI is InChI=1S/C20H16O6/c1-23-17-6-11-4-13-14(8-24-20(13)22)19(12(11)7-15(17)21)10-2-3-16-18(5-10)26-9-25-16/h2-3,5-7,19,21H,4,8-9H2,1H3/t19-/m0/s1. The van der Waals surface area contributed by atoms with E-state index in [1.165, 1.54) is 7.11 Å². The predicted molar refractivity (Wildman–Crippen MR) is 90.8 cm³/mol. The number of hydrogen-bond acceptors (Lipinski definition) is 6. The molecule has 2 aromatic carbocycles. The lowest BCUT2D eigenvalue weighted by Crippen LogP contribution is -2.16. The maximum atomic E-state index is 12.2. The summed E-state index contributed by atoms with van der Waals surface area (Å²) in [6.45, 7) is 0.465. The van der Waals surface area contributed by atoms with Gasteiger partial charge in [-0.3, -0.25) is 0 Å². The molecule has 1 N–H and O–H groups in total. The lowest BCUT2D eigenvalue weighted by atomic mass is 9.75. The van der Waals surface area contributed by atoms with Crippen LogP contribution in [0.15, 0.2) is 41.5 Å². The highest BCUT2D eigenvalue weighted by atomic mass is 16.7. The van der Waals surface area contributed by atoms with Crippen LogP contribution in [0.5, 0.6) is 23.0 Å². The zero-order chi connectivity index (χ0) is 17.8. The van der Waals surface area contributed by atoms with E-state index in [-0.39, 0.29) is 31.0 Å². The number of methoxy groups -OCH3 is 1. The maximum Gasteiger partial charge on any atom is 0.334 e. The lowest BCUT2D eigenvalue weighted by Gasteiger charge is -2.27. The Kier molecular flexibility index (Phi) is 3.16. The number of fused-ring (bicyclic) bond motifs is 2. The Morgan fingerprint density at radius 2 is 1.96 bits per heavy atom. The number of aromatic hydroxyl groups is 1. The number of hydrogen-bond donors (Lipinski definition) is 1. The van der Waals surface area contributed by atoms with Gasteiger partial charge in [0.05, 0.1) is 7.11 Å². The Balaban J connectivity index is 1.71. The molecule has 0 saturated heterocycles. The molecule has 26 heavy (non-hydrogen) atoms. The molecule has 0 fully saturated rings. The molecule has 0 unspecified atom stereocenters. The number of carbonyl (C=O) groups excluding carboxylic acids is 1. The predicted octanol–water partition coefficient (Wildman–Crippen LogP) is 2.67. The molecule has 0 aromatic heterocycles. The van der Waals surface area contributed by atoms with Crippen molar-refractivity contribution in [3.8, 4) is 23.0 Å². The summed E-state index contributed by atoms with van der Waals surface area (Å²) in [7, 11) is 1.51. The molecule has 132 valence electrons. The van der Waals surface area contributed by atoms with Gasteiger partial charge in [-0.05, 0) is 46.5 Å². The Hall–Kier alpha value is -3.15. The molecule has 1 aliphatic carbocycles. The van der Waals surface area contributed by atoms with Crippen molar-refractivity contribution in [3.63, 3.8) is 0 Å². The highest BCUT2D eigenvalue weighted by molar-refractivity contribution is 5.94. The second-order valence-electron chi connectivity index (χ2n) is 6.53. The molecule has 0 spiro atoms. The second kappa shape index (κ2) is 5.42. The molecular weight excluding hydrogens is 336 g/mol. The van der Waals surface area contributed by atoms with E-state index in [2.05, 4.69) is 0 Å². The smallest absolute Gasteiger partial charge is 0.334 e. The van der Waals surface area contributed by atoms with Gasteiger partial charge in [0, 0.05) is 17.9 Å². The summed E-state index contributed by atoms with van der Waals surface area (Å²) in [5.74, 6) is 1.39. The zero-order valence-electron chi connectivity index (χ0n) is 14.1. The minimum absolute atomic E-state index is 0.0753. The van der Waals surface area contributed by atoms with E-state index in [4.69, 9.17) is 18.9 Å². The van der Waals surface area contributed by atoms with Gasteiger partial charge >= 0.3 is 5.97 Å². The number of esters is 1. The summed E-state index contributed by atoms with van der Waals surface area (Å²) < 4.78 is 21.4. The van der Waals surface area contributed by atoms with Crippen molar-refractivity contribution >= 4 is 5.97 Å². The Labute approximate surface area is 149 Å². The molecule has 0 bridgehead atoms. The Bertz CT molecular complexity index is 975. The topological polar surface area (TPSA) is 74.2 Å². The summed E-state index contributed by atoms with van der Waals surface area (Å²) in [5.41, 5.74) is 4.48. The minimum atomic E-state index is -0.275. The zero-order valence-corrected chi connectivity index (χ0v) is 14.1. The maximum absolute atomic E-state index is 12.2. The highest BCUT2D eigenvalue weighted by Gasteiger charge is 2.38. The number of ether oxygens (including phenoxy) is 4. The number of phenolic OH excluding ortho intramolecular Hbond substituents is 1. The molecule has 6 nitrogen and oxygen atoms in total. The lowest BCUT2D eigenvalue weighted by molar-refractivity contribution is -0.136. The molecular formula is C20H16O6. The molecule has 1 atom stereocenters. The van der Waals surface area contributed by atoms with Crippen LogP contribution in [0, 0.1) is 0 Å². The fourth-order valence-corrected chi connectivity index (χ4v) is 3.96. The van der Waals surface area contributed by atoms with Crippen molar-refractivity contribution in [1.29, 1.82) is 0 Å². The van der Waals surface area contributed by atoms with Gasteiger partial charge in [-0.25, -0.2) is 4.79 Å². The van der Waals surface area contributed by atoms with E-state index in [0.717, 1.165) is 22.3 Å². The van der Waals surface area contributed by atoms with Gasteiger partial charge in [0.1, 0.15) is 6.61 Å². The summed E-state index contributed by atoms with van der Waals surface area (Å²) >= 11 is 0. The van der Waals surface area contributed by atoms with Gasteiger partial charge in [0.15, 0.2) is 23.0 Å². The number of phenols is 1. The second-order valence-corrected chi connectivity index (χ2v) is 6.53. The summed E-state index contributed by atoms with van der Waals surface area (Å²) in [6.07, 6.45) is 0.473. The van der Waals surface area contributed by atoms with Crippen LogP contribution in [-0.2, 0) is 16.0 Å². The van der Waals surface area contributed by atoms with Crippen molar-refractivity contribution in [2.24, 2.45) is 0 Å². The molecule has 3 aliphatic rings. The van der Waals surface area contributed by atoms with Crippen molar-refractivity contribution in [3.05, 3.63) is 58.2 Å². The van der Waals surface area contributed by atoms with Gasteiger partial charge in [-0.1, -0.05) is 6.07 Å². The van der Waals surface area contributed by atoms with E-state index in [1.54, 1.807) is 12.1 Å². The average Bonchev–Trinajstić information content (AvgIpc) is 3.26. The molecule has 6 heteroatoms. The molecule has 0 amide bonds. The van der Waals surface area contributed by atoms with Crippen LogP contribution in [-0.4, -0.2) is 31.6 Å². The van der Waals surface area contributed by atoms with E-state index in [0.29, 0.717) is 29.2 Å². The van der Waals surface area contributed by atoms with Crippen LogP contribution < -0.4 is 14.2 Å². The summed E-state index contributed by atoms with van der Waals surface area (Å²) in [5, 5.41) is 10.3. The van der Waals surface area contributed by atoms with Crippen LogP contribution in [0.3, 0.4) is 0 Å². The first-order valence-electron chi connectivity index (χ1n) is 8.34. The summed E-state index contributed by atoms with van der Waals surface area (Å²) in [4.78, 5) is 12.2. The molecule has 2 heterocycles. The van der Waals surface area contributed by atoms with Crippen molar-refractivity contribution < 1.29 is 28.8 Å². The van der Waals surface area contributed by atoms with E-state index < -0.39 is 0 Å². The molecule has 0 radical (unpaired) electrons. The first-order valence-corrected chi connectivity index (χ1v) is 8.34. The van der Waals surface area contributed by atoms with E-state index in [1.807, 2.05) is 18.2 Å². The SMILES string of the molecule is COc1cc2c(cc1O)[C@H](c1ccc3c(c1)OCO3)C1=C(C2)C(=O)OC1. The quantitative estimate of drug-likeness (QED) is 0.838. The van der Waals surface area contributed by atoms with Gasteiger partial charge in [0.2, 0.25) is 6.79 Å². The monoisotopic (exact) mass is 352 g/mol. The van der Waals surface area contributed by atoms with Crippen molar-refractivity contribution in [2.75, 3.05) is 20.5 Å². The average molecular weight is 352 g/mol. The Morgan fingerprint density at radius 3 is 2.81 bits per heavy atom. The van der Waals surface area contributed by atoms with Crippen LogP contribution in [0.1, 0.15) is 22.6 Å². The van der Waals surface area contributed by atoms with Crippen LogP contribution >= 0.6 is 0 Å². The van der Waals surface area contributed by atoms with Crippen molar-refractivity contribution in [2.45, 2.75) is 12.3 Å². The summed E-state index contributed by atoms with van der Waals surface area (Å²) in [6, 6.07) is 9.27. The largest absolute Gasteiger partial charge is 0.504 e. The fraction of sp³-hybridized carbons (Fsp3) is 0.250. The number of rotatable bonds is 2. The van der Waals surface area contributed by atoms with E-state index >= 15 is 0 Å². The third-order valence-corrected chi connectivity index (χ3v) is 5.19. The van der Waals surface area contributed by atoms with Crippen LogP contribution in [0.2, 0.25) is 0 Å². The van der Waals surface area contributed by atoms with Gasteiger partial charge < -0.3 is 24.1 Å². The first-order chi connectivity index (χ1) is 12.7. The number of benzene rings is 2. The van der Waals surface area contributed by atoms with Gasteiger partial charge in [-0.2, -0.15) is 0 Å². The highest BCUT2D eigenvalue weighted by Crippen LogP contribution is 2.48. The third-order valence-electron chi connectivity index (χ3n) is 5.19. The van der Waals surface area contributed by atoms with Crippen LogP contribution in [0.25, 0.3) is 0 Å².